The summed E-state index contributed by atoms with van der Waals surface area (Å²) in [6.07, 6.45) is 70.4. The fourth-order valence-corrected chi connectivity index (χ4v) is 24.6. The fourth-order valence-electron chi connectivity index (χ4n) is 24.6. The Morgan fingerprint density at radius 3 is 1.14 bits per heavy atom. The average Bonchev–Trinajstić information content (AvgIpc) is 1.53. The van der Waals surface area contributed by atoms with Crippen molar-refractivity contribution in [1.82, 2.24) is 0 Å². The lowest BCUT2D eigenvalue weighted by atomic mass is 9.68. The molecule has 2 aromatic carbocycles. The van der Waals surface area contributed by atoms with Gasteiger partial charge in [-0.2, -0.15) is 0 Å². The average molecular weight is 1720 g/mol. The van der Waals surface area contributed by atoms with Gasteiger partial charge in [-0.25, -0.2) is 0 Å². The normalized spacial score (nSPS) is 28.2. The second-order valence-electron chi connectivity index (χ2n) is 40.7. The molecule has 0 N–H and O–H groups in total. The Morgan fingerprint density at radius 1 is 0.276 bits per heavy atom. The standard InChI is InChI=1S/C15H28O.C13H24O.C12H20O.2C12H16O.C11H22O.C10H16O.C10H20O.C10H22O.C8H16O/c1-2-16-12-13-8-10-15(11-9-13)14-6-4-3-5-7-14;1-2-14-10-11-7-8-12-5-3-4-6-13(12)9-11;1-2-13-7-12-10-4-8-3-9(6-10)11(12)5-8;1-2-13-9-10-7-11-5-3-4-6-12(11)8-10;1-2-13-9-11-8-7-10-5-3-4-6-12(10)11;1-2-12-10-11-8-6-4-3-5-7-9-11;1-2-11-7-10-6-8-3-4-9(10)5-8;1-2-11-9-10-7-5-3-4-6-8-10;1-5-10(6-2,7-3)9-11-8-4;1-2-9-7-8-5-3-4-6-8/h13-15H,2-12H2,1H3;11-13H,2-10H2,1H3;8-12H,2-7H2,1H3;3-6,10H,2,7-9H2,1H3;3-6,11H,2,7-9H2,1H3;11H,2-10H2,1H3;3-4,8-10H,2,5-7H2,1H3;10H,2-9H2,1H3;5-9H2,1-4H3;8H,2-7H2,1H3. The molecule has 0 heterocycles. The van der Waals surface area contributed by atoms with E-state index in [1.807, 2.05) is 0 Å². The first-order valence-electron chi connectivity index (χ1n) is 54.0. The van der Waals surface area contributed by atoms with E-state index < -0.39 is 0 Å². The van der Waals surface area contributed by atoms with Gasteiger partial charge in [-0.1, -0.05) is 210 Å². The highest BCUT2D eigenvalue weighted by Crippen LogP contribution is 2.61. The van der Waals surface area contributed by atoms with E-state index in [1.165, 1.54) is 298 Å². The summed E-state index contributed by atoms with van der Waals surface area (Å²) in [4.78, 5) is 0. The van der Waals surface area contributed by atoms with Gasteiger partial charge in [-0.3, -0.25) is 0 Å². The summed E-state index contributed by atoms with van der Waals surface area (Å²) in [6, 6.07) is 17.5. The number of rotatable bonds is 34. The quantitative estimate of drug-likeness (QED) is 0.0498. The predicted octanol–water partition coefficient (Wildman–Crippen LogP) is 30.0. The smallest absolute Gasteiger partial charge is 0.0534 e. The van der Waals surface area contributed by atoms with Crippen molar-refractivity contribution in [3.63, 3.8) is 0 Å². The maximum absolute atomic E-state index is 5.62. The maximum Gasteiger partial charge on any atom is 0.0534 e. The van der Waals surface area contributed by atoms with E-state index in [-0.39, 0.29) is 0 Å². The zero-order valence-electron chi connectivity index (χ0n) is 83.0. The number of ether oxygens (including phenoxy) is 10. The first-order chi connectivity index (χ1) is 60.4. The van der Waals surface area contributed by atoms with Gasteiger partial charge in [0.2, 0.25) is 0 Å². The van der Waals surface area contributed by atoms with Crippen LogP contribution < -0.4 is 0 Å². The van der Waals surface area contributed by atoms with Crippen LogP contribution in [0.5, 0.6) is 0 Å². The van der Waals surface area contributed by atoms with Crippen LogP contribution in [0.15, 0.2) is 60.7 Å². The second-order valence-corrected chi connectivity index (χ2v) is 40.7. The molecule has 6 bridgehead atoms. The summed E-state index contributed by atoms with van der Waals surface area (Å²) in [5, 5.41) is 0. The van der Waals surface area contributed by atoms with Crippen LogP contribution in [0.2, 0.25) is 0 Å². The SMILES string of the molecule is CCOCC(CC)(CC)CC.CCOCC1C2CC3CC(C2)C1C3.CCOCC1CC2C=CC1C2.CCOCC1CCC(C2CCCCC2)CC1.CCOCC1CCC2CCCCC2C1.CCOCC1CCCC1.CCOCC1CCCCCC1.CCOCC1CCCCCCC1.CCOCC1CCc2ccccc21.CCOCC1Cc2ccccc2C1. The first kappa shape index (κ1) is 108. The van der Waals surface area contributed by atoms with Crippen molar-refractivity contribution in [3.8, 4) is 0 Å². The molecule has 0 amide bonds. The largest absolute Gasteiger partial charge is 0.381 e. The van der Waals surface area contributed by atoms with E-state index >= 15 is 0 Å². The van der Waals surface area contributed by atoms with Gasteiger partial charge < -0.3 is 47.4 Å². The molecule has 0 aliphatic heterocycles. The lowest BCUT2D eigenvalue weighted by Crippen LogP contribution is -2.29. The van der Waals surface area contributed by atoms with E-state index in [4.69, 9.17) is 47.4 Å². The minimum atomic E-state index is 0.454. The molecule has 12 atom stereocenters. The minimum absolute atomic E-state index is 0.454. The fraction of sp³-hybridized carbons (Fsp3) is 0.876. The topological polar surface area (TPSA) is 92.3 Å². The highest BCUT2D eigenvalue weighted by Gasteiger charge is 2.53. The lowest BCUT2D eigenvalue weighted by Gasteiger charge is -2.39. The van der Waals surface area contributed by atoms with Gasteiger partial charge in [0, 0.05) is 125 Å². The van der Waals surface area contributed by atoms with Crippen LogP contribution >= 0.6 is 0 Å². The van der Waals surface area contributed by atoms with Gasteiger partial charge in [0.25, 0.3) is 0 Å². The third-order valence-electron chi connectivity index (χ3n) is 32.4. The van der Waals surface area contributed by atoms with Gasteiger partial charge in [0.15, 0.2) is 0 Å². The highest BCUT2D eigenvalue weighted by atomic mass is 16.5. The Labute approximate surface area is 761 Å². The van der Waals surface area contributed by atoms with Gasteiger partial charge in [-0.15, -0.1) is 0 Å². The van der Waals surface area contributed by atoms with Crippen molar-refractivity contribution in [2.45, 2.75) is 391 Å². The Hall–Kier alpha value is -2.22. The van der Waals surface area contributed by atoms with Gasteiger partial charge >= 0.3 is 0 Å². The van der Waals surface area contributed by atoms with Crippen LogP contribution in [-0.4, -0.2) is 132 Å². The van der Waals surface area contributed by atoms with E-state index in [9.17, 15) is 0 Å². The molecular weight excluding hydrogens is 1520 g/mol. The molecular formula is C113H200O10. The molecule has 12 fully saturated rings. The van der Waals surface area contributed by atoms with Crippen LogP contribution in [0.3, 0.4) is 0 Å². The number of aryl methyl sites for hydroxylation is 1. The molecule has 12 saturated carbocycles. The number of hydrogen-bond donors (Lipinski definition) is 0. The molecule has 0 spiro atoms. The predicted molar refractivity (Wildman–Crippen MR) is 522 cm³/mol. The van der Waals surface area contributed by atoms with Gasteiger partial charge in [0.05, 0.1) is 13.2 Å². The molecule has 10 nitrogen and oxygen atoms in total. The summed E-state index contributed by atoms with van der Waals surface area (Å²) in [6.45, 7) is 46.2. The Bertz CT molecular complexity index is 2760. The molecule has 15 aliphatic carbocycles. The number of fused-ring (bicyclic) bond motifs is 5. The van der Waals surface area contributed by atoms with Crippen molar-refractivity contribution < 1.29 is 47.4 Å². The van der Waals surface area contributed by atoms with Crippen molar-refractivity contribution >= 4 is 0 Å². The molecule has 17 rings (SSSR count). The molecule has 0 radical (unpaired) electrons. The first-order valence-corrected chi connectivity index (χ1v) is 54.0. The Balaban J connectivity index is 0.000000189. The van der Waals surface area contributed by atoms with Crippen LogP contribution in [0.25, 0.3) is 0 Å². The van der Waals surface area contributed by atoms with E-state index in [0.717, 1.165) is 239 Å². The zero-order chi connectivity index (χ0) is 87.6. The van der Waals surface area contributed by atoms with Crippen LogP contribution in [0.4, 0.5) is 0 Å². The number of hydrogen-bond acceptors (Lipinski definition) is 10. The number of allylic oxidation sites excluding steroid dienone is 2. The van der Waals surface area contributed by atoms with E-state index in [2.05, 4.69) is 151 Å². The molecule has 0 aromatic heterocycles. The number of benzene rings is 2. The van der Waals surface area contributed by atoms with Crippen LogP contribution in [-0.2, 0) is 66.6 Å². The van der Waals surface area contributed by atoms with Crippen molar-refractivity contribution in [2.75, 3.05) is 132 Å². The van der Waals surface area contributed by atoms with Gasteiger partial charge in [0.1, 0.15) is 0 Å². The maximum atomic E-state index is 5.62. The van der Waals surface area contributed by atoms with Crippen LogP contribution in [0, 0.1) is 112 Å². The third kappa shape index (κ3) is 41.6. The molecule has 12 unspecified atom stereocenters. The van der Waals surface area contributed by atoms with Gasteiger partial charge in [-0.05, 0) is 370 Å². The summed E-state index contributed by atoms with van der Waals surface area (Å²) < 4.78 is 54.8. The minimum Gasteiger partial charge on any atom is -0.381 e. The second kappa shape index (κ2) is 67.0. The summed E-state index contributed by atoms with van der Waals surface area (Å²) in [5.74, 6) is 17.9. The molecule has 2 aromatic rings. The molecule has 15 aliphatic rings. The van der Waals surface area contributed by atoms with Crippen LogP contribution in [0.1, 0.15) is 394 Å². The van der Waals surface area contributed by atoms with Crippen molar-refractivity contribution in [3.05, 3.63) is 82.9 Å². The molecule has 10 heteroatoms. The Morgan fingerprint density at radius 2 is 0.659 bits per heavy atom. The summed E-state index contributed by atoms with van der Waals surface area (Å²) >= 11 is 0. The zero-order valence-corrected chi connectivity index (χ0v) is 83.0. The summed E-state index contributed by atoms with van der Waals surface area (Å²) in [5.41, 5.74) is 6.53. The summed E-state index contributed by atoms with van der Waals surface area (Å²) in [7, 11) is 0. The molecule has 123 heavy (non-hydrogen) atoms. The van der Waals surface area contributed by atoms with Crippen molar-refractivity contribution in [1.29, 1.82) is 0 Å². The monoisotopic (exact) mass is 1720 g/mol. The molecule has 0 saturated heterocycles. The van der Waals surface area contributed by atoms with E-state index in [0.29, 0.717) is 11.3 Å². The lowest BCUT2D eigenvalue weighted by molar-refractivity contribution is 0.0421. The molecule has 712 valence electrons. The highest BCUT2D eigenvalue weighted by molar-refractivity contribution is 5.35. The third-order valence-corrected chi connectivity index (χ3v) is 32.4. The Kier molecular flexibility index (Phi) is 58.8. The van der Waals surface area contributed by atoms with E-state index in [1.54, 1.807) is 19.3 Å². The van der Waals surface area contributed by atoms with Crippen molar-refractivity contribution in [2.24, 2.45) is 112 Å².